The molecule has 0 rings (SSSR count). The molecule has 0 N–H and O–H groups in total. The van der Waals surface area contributed by atoms with Crippen LogP contribution in [0, 0.1) is 5.92 Å². The second-order valence-electron chi connectivity index (χ2n) is 2.61. The molecule has 0 heterocycles. The molecule has 0 aromatic carbocycles. The lowest BCUT2D eigenvalue weighted by Gasteiger charge is -1.99. The first-order chi connectivity index (χ1) is 4.31. The van der Waals surface area contributed by atoms with Crippen molar-refractivity contribution in [2.45, 2.75) is 39.5 Å². The number of hydrogen-bond donors (Lipinski definition) is 0. The van der Waals surface area contributed by atoms with E-state index in [-0.39, 0.29) is 18.3 Å². The fourth-order valence-corrected chi connectivity index (χ4v) is 0.784. The predicted octanol–water partition coefficient (Wildman–Crippen LogP) is 2.82. The molecule has 0 amide bonds. The topological polar surface area (TPSA) is 17.1 Å². The predicted molar refractivity (Wildman–Crippen MR) is 46.6 cm³/mol. The molecule has 0 aliphatic rings. The molecule has 0 aromatic rings. The van der Waals surface area contributed by atoms with Gasteiger partial charge in [0.15, 0.2) is 0 Å². The highest BCUT2D eigenvalue weighted by molar-refractivity contribution is 5.85. The summed E-state index contributed by atoms with van der Waals surface area (Å²) < 4.78 is 0. The third kappa shape index (κ3) is 7.96. The summed E-state index contributed by atoms with van der Waals surface area (Å²) in [6.07, 6.45) is 5.81. The van der Waals surface area contributed by atoms with Crippen LogP contribution in [0.5, 0.6) is 0 Å². The van der Waals surface area contributed by atoms with E-state index in [9.17, 15) is 4.79 Å². The van der Waals surface area contributed by atoms with E-state index in [0.717, 1.165) is 12.7 Å². The molecule has 1 atom stereocenters. The van der Waals surface area contributed by atoms with Crippen LogP contribution in [-0.4, -0.2) is 6.29 Å². The molecule has 62 valence electrons. The normalized spacial score (nSPS) is 11.8. The smallest absolute Gasteiger partial charge is 0.122 e. The van der Waals surface area contributed by atoms with Gasteiger partial charge in [-0.05, 0) is 6.42 Å². The molecule has 0 radical (unpaired) electrons. The van der Waals surface area contributed by atoms with Crippen molar-refractivity contribution >= 4 is 18.7 Å². The minimum Gasteiger partial charge on any atom is -0.303 e. The Bertz CT molecular complexity index is 73.7. The van der Waals surface area contributed by atoms with Crippen molar-refractivity contribution in [3.63, 3.8) is 0 Å². The maximum atomic E-state index is 10.1. The molecular formula is C8H17ClO. The molecule has 0 bridgehead atoms. The first-order valence-electron chi connectivity index (χ1n) is 3.76. The first-order valence-corrected chi connectivity index (χ1v) is 3.76. The third-order valence-corrected chi connectivity index (χ3v) is 1.50. The van der Waals surface area contributed by atoms with Gasteiger partial charge in [-0.15, -0.1) is 12.4 Å². The Morgan fingerprint density at radius 3 is 2.40 bits per heavy atom. The number of hydrogen-bond acceptors (Lipinski definition) is 1. The lowest BCUT2D eigenvalue weighted by Crippen LogP contribution is -1.94. The largest absolute Gasteiger partial charge is 0.303 e. The average molecular weight is 165 g/mol. The van der Waals surface area contributed by atoms with Crippen LogP contribution < -0.4 is 0 Å². The van der Waals surface area contributed by atoms with Crippen molar-refractivity contribution in [3.05, 3.63) is 0 Å². The van der Waals surface area contributed by atoms with E-state index in [2.05, 4.69) is 6.92 Å². The SMILES string of the molecule is CCCCCC(C)C=O.Cl. The molecule has 0 aliphatic heterocycles. The van der Waals surface area contributed by atoms with Crippen molar-refractivity contribution in [1.82, 2.24) is 0 Å². The van der Waals surface area contributed by atoms with Gasteiger partial charge in [-0.25, -0.2) is 0 Å². The number of carbonyl (C=O) groups excluding carboxylic acids is 1. The van der Waals surface area contributed by atoms with E-state index in [1.165, 1.54) is 19.3 Å². The van der Waals surface area contributed by atoms with Crippen LogP contribution >= 0.6 is 12.4 Å². The number of unbranched alkanes of at least 4 members (excludes halogenated alkanes) is 2. The molecule has 0 spiro atoms. The van der Waals surface area contributed by atoms with E-state index in [0.29, 0.717) is 0 Å². The van der Waals surface area contributed by atoms with Crippen LogP contribution in [0.3, 0.4) is 0 Å². The van der Waals surface area contributed by atoms with E-state index in [1.54, 1.807) is 0 Å². The molecule has 0 saturated heterocycles. The summed E-state index contributed by atoms with van der Waals surface area (Å²) in [5, 5.41) is 0. The second-order valence-corrected chi connectivity index (χ2v) is 2.61. The van der Waals surface area contributed by atoms with E-state index >= 15 is 0 Å². The van der Waals surface area contributed by atoms with Crippen molar-refractivity contribution in [3.8, 4) is 0 Å². The van der Waals surface area contributed by atoms with Gasteiger partial charge >= 0.3 is 0 Å². The average Bonchev–Trinajstić information content (AvgIpc) is 1.89. The Hall–Kier alpha value is -0.0400. The molecule has 10 heavy (non-hydrogen) atoms. The Kier molecular flexibility index (Phi) is 11.3. The Morgan fingerprint density at radius 2 is 2.00 bits per heavy atom. The molecule has 1 unspecified atom stereocenters. The van der Waals surface area contributed by atoms with Crippen molar-refractivity contribution in [2.75, 3.05) is 0 Å². The minimum atomic E-state index is 0. The quantitative estimate of drug-likeness (QED) is 0.451. The number of aldehydes is 1. The van der Waals surface area contributed by atoms with Crippen molar-refractivity contribution in [1.29, 1.82) is 0 Å². The van der Waals surface area contributed by atoms with Crippen LogP contribution in [0.4, 0.5) is 0 Å². The van der Waals surface area contributed by atoms with Crippen molar-refractivity contribution in [2.24, 2.45) is 5.92 Å². The highest BCUT2D eigenvalue weighted by Crippen LogP contribution is 2.05. The number of carbonyl (C=O) groups is 1. The lowest BCUT2D eigenvalue weighted by molar-refractivity contribution is -0.110. The summed E-state index contributed by atoms with van der Waals surface area (Å²) in [6.45, 7) is 4.15. The van der Waals surface area contributed by atoms with Gasteiger partial charge in [0.05, 0.1) is 0 Å². The fraction of sp³-hybridized carbons (Fsp3) is 0.875. The number of rotatable bonds is 5. The maximum absolute atomic E-state index is 10.1. The van der Waals surface area contributed by atoms with E-state index in [1.807, 2.05) is 6.92 Å². The molecule has 2 heteroatoms. The van der Waals surface area contributed by atoms with Crippen LogP contribution in [0.25, 0.3) is 0 Å². The molecule has 0 aliphatic carbocycles. The van der Waals surface area contributed by atoms with Gasteiger partial charge in [-0.1, -0.05) is 33.1 Å². The summed E-state index contributed by atoms with van der Waals surface area (Å²) in [5.74, 6) is 0.275. The standard InChI is InChI=1S/C8H16O.ClH/c1-3-4-5-6-8(2)7-9;/h7-8H,3-6H2,1-2H3;1H. The maximum Gasteiger partial charge on any atom is 0.122 e. The zero-order chi connectivity index (χ0) is 7.11. The molecule has 0 aromatic heterocycles. The zero-order valence-corrected chi connectivity index (χ0v) is 7.62. The summed E-state index contributed by atoms with van der Waals surface area (Å²) in [4.78, 5) is 10.1. The van der Waals surface area contributed by atoms with Gasteiger partial charge in [-0.3, -0.25) is 0 Å². The first kappa shape index (κ1) is 12.6. The summed E-state index contributed by atoms with van der Waals surface area (Å²) in [7, 11) is 0. The van der Waals surface area contributed by atoms with Crippen LogP contribution in [0.1, 0.15) is 39.5 Å². The number of halogens is 1. The molecule has 1 nitrogen and oxygen atoms in total. The van der Waals surface area contributed by atoms with Crippen LogP contribution in [-0.2, 0) is 4.79 Å². The van der Waals surface area contributed by atoms with E-state index in [4.69, 9.17) is 0 Å². The highest BCUT2D eigenvalue weighted by Gasteiger charge is 1.96. The summed E-state index contributed by atoms with van der Waals surface area (Å²) >= 11 is 0. The van der Waals surface area contributed by atoms with Crippen LogP contribution in [0.15, 0.2) is 0 Å². The van der Waals surface area contributed by atoms with E-state index < -0.39 is 0 Å². The fourth-order valence-electron chi connectivity index (χ4n) is 0.784. The Labute approximate surface area is 69.6 Å². The Morgan fingerprint density at radius 1 is 1.40 bits per heavy atom. The van der Waals surface area contributed by atoms with Crippen LogP contribution in [0.2, 0.25) is 0 Å². The summed E-state index contributed by atoms with van der Waals surface area (Å²) in [6, 6.07) is 0. The van der Waals surface area contributed by atoms with Gasteiger partial charge < -0.3 is 4.79 Å². The van der Waals surface area contributed by atoms with Gasteiger partial charge in [0, 0.05) is 5.92 Å². The second kappa shape index (κ2) is 8.96. The Balaban J connectivity index is 0. The zero-order valence-electron chi connectivity index (χ0n) is 6.80. The minimum absolute atomic E-state index is 0. The van der Waals surface area contributed by atoms with Gasteiger partial charge in [0.1, 0.15) is 6.29 Å². The molecular weight excluding hydrogens is 148 g/mol. The highest BCUT2D eigenvalue weighted by atomic mass is 35.5. The lowest BCUT2D eigenvalue weighted by atomic mass is 10.1. The monoisotopic (exact) mass is 164 g/mol. The summed E-state index contributed by atoms with van der Waals surface area (Å²) in [5.41, 5.74) is 0. The third-order valence-electron chi connectivity index (χ3n) is 1.50. The van der Waals surface area contributed by atoms with Gasteiger partial charge in [-0.2, -0.15) is 0 Å². The molecule has 0 fully saturated rings. The molecule has 0 saturated carbocycles. The van der Waals surface area contributed by atoms with Gasteiger partial charge in [0.25, 0.3) is 0 Å². The van der Waals surface area contributed by atoms with Gasteiger partial charge in [0.2, 0.25) is 0 Å². The van der Waals surface area contributed by atoms with Crippen molar-refractivity contribution < 1.29 is 4.79 Å².